The summed E-state index contributed by atoms with van der Waals surface area (Å²) in [5.74, 6) is 0.735. The second-order valence-corrected chi connectivity index (χ2v) is 6.69. The Morgan fingerprint density at radius 3 is 2.67 bits per heavy atom. The Labute approximate surface area is 143 Å². The minimum absolute atomic E-state index is 0.0311. The highest BCUT2D eigenvalue weighted by Gasteiger charge is 2.39. The van der Waals surface area contributed by atoms with Crippen LogP contribution < -0.4 is 9.64 Å². The monoisotopic (exact) mass is 330 g/mol. The van der Waals surface area contributed by atoms with Crippen molar-refractivity contribution in [3.8, 4) is 5.75 Å². The molecule has 0 unspecified atom stereocenters. The van der Waals surface area contributed by atoms with E-state index in [9.17, 15) is 9.59 Å². The molecule has 2 fully saturated rings. The molecule has 3 rings (SSSR count). The van der Waals surface area contributed by atoms with Gasteiger partial charge in [0.05, 0.1) is 13.0 Å². The maximum absolute atomic E-state index is 12.9. The van der Waals surface area contributed by atoms with E-state index in [2.05, 4.69) is 6.92 Å². The lowest BCUT2D eigenvalue weighted by atomic mass is 9.97. The molecule has 2 heterocycles. The van der Waals surface area contributed by atoms with Gasteiger partial charge in [0.1, 0.15) is 5.75 Å². The summed E-state index contributed by atoms with van der Waals surface area (Å²) >= 11 is 0. The van der Waals surface area contributed by atoms with Crippen LogP contribution in [0, 0.1) is 5.92 Å². The van der Waals surface area contributed by atoms with E-state index in [1.807, 2.05) is 29.2 Å². The number of carbonyl (C=O) groups excluding carboxylic acids is 2. The third-order valence-corrected chi connectivity index (χ3v) is 5.24. The molecule has 2 amide bonds. The first-order chi connectivity index (χ1) is 11.6. The Hall–Kier alpha value is -2.04. The number of methoxy groups -OCH3 is 1. The molecule has 2 atom stereocenters. The number of ether oxygens (including phenoxy) is 1. The number of amides is 2. The van der Waals surface area contributed by atoms with Gasteiger partial charge in [-0.25, -0.2) is 0 Å². The molecule has 24 heavy (non-hydrogen) atoms. The van der Waals surface area contributed by atoms with E-state index in [1.165, 1.54) is 6.42 Å². The van der Waals surface area contributed by atoms with E-state index >= 15 is 0 Å². The number of hydrogen-bond acceptors (Lipinski definition) is 3. The largest absolute Gasteiger partial charge is 0.497 e. The lowest BCUT2D eigenvalue weighted by Gasteiger charge is -2.36. The van der Waals surface area contributed by atoms with Crippen molar-refractivity contribution in [2.45, 2.75) is 45.1 Å². The van der Waals surface area contributed by atoms with Crippen molar-refractivity contribution in [1.29, 1.82) is 0 Å². The van der Waals surface area contributed by atoms with Crippen molar-refractivity contribution in [2.75, 3.05) is 25.1 Å². The predicted molar refractivity (Wildman–Crippen MR) is 93.1 cm³/mol. The lowest BCUT2D eigenvalue weighted by molar-refractivity contribution is -0.139. The van der Waals surface area contributed by atoms with Crippen molar-refractivity contribution in [3.05, 3.63) is 24.3 Å². The van der Waals surface area contributed by atoms with Gasteiger partial charge in [-0.05, 0) is 49.9 Å². The van der Waals surface area contributed by atoms with Gasteiger partial charge in [0, 0.05) is 31.2 Å². The highest BCUT2D eigenvalue weighted by Crippen LogP contribution is 2.30. The molecule has 0 N–H and O–H groups in total. The molecule has 0 spiro atoms. The minimum Gasteiger partial charge on any atom is -0.497 e. The fraction of sp³-hybridized carbons (Fsp3) is 0.579. The van der Waals surface area contributed by atoms with Gasteiger partial charge < -0.3 is 14.5 Å². The highest BCUT2D eigenvalue weighted by molar-refractivity contribution is 6.00. The van der Waals surface area contributed by atoms with Gasteiger partial charge >= 0.3 is 0 Å². The summed E-state index contributed by atoms with van der Waals surface area (Å²) in [5, 5.41) is 0. The van der Waals surface area contributed by atoms with E-state index in [1.54, 1.807) is 12.0 Å². The first-order valence-corrected chi connectivity index (χ1v) is 8.89. The Bertz CT molecular complexity index is 599. The van der Waals surface area contributed by atoms with Crippen LogP contribution >= 0.6 is 0 Å². The van der Waals surface area contributed by atoms with E-state index in [4.69, 9.17) is 4.74 Å². The van der Waals surface area contributed by atoms with Crippen molar-refractivity contribution >= 4 is 17.5 Å². The molecule has 130 valence electrons. The number of carbonyl (C=O) groups is 2. The molecule has 2 aliphatic rings. The SMILES string of the molecule is CC[C@@H]1CCCCN1C(=O)[C@H]1CC(=O)N(c2ccc(OC)cc2)C1. The van der Waals surface area contributed by atoms with Gasteiger partial charge in [-0.1, -0.05) is 6.92 Å². The Kier molecular flexibility index (Phi) is 5.07. The van der Waals surface area contributed by atoms with Crippen LogP contribution in [0.15, 0.2) is 24.3 Å². The molecule has 1 aromatic carbocycles. The highest BCUT2D eigenvalue weighted by atomic mass is 16.5. The molecular formula is C19H26N2O3. The van der Waals surface area contributed by atoms with Crippen molar-refractivity contribution in [1.82, 2.24) is 4.90 Å². The summed E-state index contributed by atoms with van der Waals surface area (Å²) in [5.41, 5.74) is 0.835. The number of likely N-dealkylation sites (tertiary alicyclic amines) is 1. The topological polar surface area (TPSA) is 49.9 Å². The number of hydrogen-bond donors (Lipinski definition) is 0. The molecule has 0 aliphatic carbocycles. The zero-order valence-corrected chi connectivity index (χ0v) is 14.5. The number of nitrogens with zero attached hydrogens (tertiary/aromatic N) is 2. The van der Waals surface area contributed by atoms with Crippen molar-refractivity contribution in [3.63, 3.8) is 0 Å². The number of piperidine rings is 1. The number of rotatable bonds is 4. The second kappa shape index (κ2) is 7.24. The summed E-state index contributed by atoms with van der Waals surface area (Å²) in [4.78, 5) is 29.1. The van der Waals surface area contributed by atoms with E-state index < -0.39 is 0 Å². The molecule has 2 saturated heterocycles. The second-order valence-electron chi connectivity index (χ2n) is 6.69. The van der Waals surface area contributed by atoms with Gasteiger partial charge in [-0.3, -0.25) is 9.59 Å². The summed E-state index contributed by atoms with van der Waals surface area (Å²) in [6.07, 6.45) is 4.67. The predicted octanol–water partition coefficient (Wildman–Crippen LogP) is 2.84. The fourth-order valence-electron chi connectivity index (χ4n) is 3.83. The molecule has 5 nitrogen and oxygen atoms in total. The number of anilines is 1. The lowest BCUT2D eigenvalue weighted by Crippen LogP contribution is -2.46. The summed E-state index contributed by atoms with van der Waals surface area (Å²) in [6.45, 7) is 3.46. The third kappa shape index (κ3) is 3.25. The fourth-order valence-corrected chi connectivity index (χ4v) is 3.83. The molecular weight excluding hydrogens is 304 g/mol. The van der Waals surface area contributed by atoms with Crippen LogP contribution in [0.3, 0.4) is 0 Å². The molecule has 5 heteroatoms. The van der Waals surface area contributed by atoms with Crippen LogP contribution in [0.2, 0.25) is 0 Å². The van der Waals surface area contributed by atoms with Crippen LogP contribution in [0.1, 0.15) is 39.0 Å². The van der Waals surface area contributed by atoms with Gasteiger partial charge in [0.2, 0.25) is 11.8 Å². The van der Waals surface area contributed by atoms with Gasteiger partial charge in [-0.2, -0.15) is 0 Å². The van der Waals surface area contributed by atoms with Crippen LogP contribution in [-0.2, 0) is 9.59 Å². The smallest absolute Gasteiger partial charge is 0.228 e. The zero-order chi connectivity index (χ0) is 17.1. The molecule has 0 radical (unpaired) electrons. The van der Waals surface area contributed by atoms with Gasteiger partial charge in [-0.15, -0.1) is 0 Å². The Morgan fingerprint density at radius 1 is 1.25 bits per heavy atom. The molecule has 0 bridgehead atoms. The number of benzene rings is 1. The van der Waals surface area contributed by atoms with E-state index in [-0.39, 0.29) is 17.7 Å². The molecule has 0 saturated carbocycles. The minimum atomic E-state index is -0.216. The first kappa shape index (κ1) is 16.8. The van der Waals surface area contributed by atoms with Gasteiger partial charge in [0.15, 0.2) is 0 Å². The maximum Gasteiger partial charge on any atom is 0.228 e. The van der Waals surface area contributed by atoms with Crippen molar-refractivity contribution < 1.29 is 14.3 Å². The molecule has 1 aromatic rings. The first-order valence-electron chi connectivity index (χ1n) is 8.89. The van der Waals surface area contributed by atoms with Crippen LogP contribution in [0.25, 0.3) is 0 Å². The molecule has 0 aromatic heterocycles. The zero-order valence-electron chi connectivity index (χ0n) is 14.5. The normalized spacial score (nSPS) is 24.3. The average Bonchev–Trinajstić information content (AvgIpc) is 3.03. The van der Waals surface area contributed by atoms with Gasteiger partial charge in [0.25, 0.3) is 0 Å². The van der Waals surface area contributed by atoms with E-state index in [0.29, 0.717) is 19.0 Å². The van der Waals surface area contributed by atoms with Crippen molar-refractivity contribution in [2.24, 2.45) is 5.92 Å². The Balaban J connectivity index is 1.70. The molecule has 2 aliphatic heterocycles. The maximum atomic E-state index is 12.9. The van der Waals surface area contributed by atoms with Crippen LogP contribution in [-0.4, -0.2) is 43.0 Å². The summed E-state index contributed by atoms with van der Waals surface area (Å²) in [7, 11) is 1.62. The standard InChI is InChI=1S/C19H26N2O3/c1-3-15-6-4-5-11-20(15)19(23)14-12-18(22)21(13-14)16-7-9-17(24-2)10-8-16/h7-10,14-15H,3-6,11-13H2,1-2H3/t14-,15+/m0/s1. The Morgan fingerprint density at radius 2 is 2.00 bits per heavy atom. The summed E-state index contributed by atoms with van der Waals surface area (Å²) in [6, 6.07) is 7.78. The summed E-state index contributed by atoms with van der Waals surface area (Å²) < 4.78 is 5.16. The van der Waals surface area contributed by atoms with E-state index in [0.717, 1.165) is 37.2 Å². The van der Waals surface area contributed by atoms with Crippen LogP contribution in [0.5, 0.6) is 5.75 Å². The van der Waals surface area contributed by atoms with Crippen LogP contribution in [0.4, 0.5) is 5.69 Å². The quantitative estimate of drug-likeness (QED) is 0.853. The average molecular weight is 330 g/mol. The third-order valence-electron chi connectivity index (χ3n) is 5.24.